The van der Waals surface area contributed by atoms with Gasteiger partial charge in [-0.05, 0) is 32.1 Å². The number of carbonyl (C=O) groups is 1. The molecule has 1 heterocycles. The van der Waals surface area contributed by atoms with Crippen molar-refractivity contribution in [1.82, 2.24) is 4.90 Å². The van der Waals surface area contributed by atoms with Gasteiger partial charge in [-0.3, -0.25) is 4.79 Å². The molecular formula is C16H31NO. The predicted octanol–water partition coefficient (Wildman–Crippen LogP) is 4.53. The second kappa shape index (κ2) is 9.41. The molecule has 18 heavy (non-hydrogen) atoms. The standard InChI is InChI=1S/C16H31NO/c1-3-5-6-7-8-9-13-16(18)17-14-11-10-12-15(17)4-2/h15H,3-14H2,1-2H3/t15-/m0/s1. The molecule has 0 aromatic rings. The molecule has 1 amide bonds. The van der Waals surface area contributed by atoms with Crippen LogP contribution in [0.4, 0.5) is 0 Å². The van der Waals surface area contributed by atoms with Gasteiger partial charge in [-0.2, -0.15) is 0 Å². The minimum absolute atomic E-state index is 0.414. The molecule has 0 spiro atoms. The Morgan fingerprint density at radius 1 is 1.06 bits per heavy atom. The van der Waals surface area contributed by atoms with E-state index in [9.17, 15) is 4.79 Å². The van der Waals surface area contributed by atoms with Crippen molar-refractivity contribution in [3.05, 3.63) is 0 Å². The first-order valence-electron chi connectivity index (χ1n) is 8.09. The number of rotatable bonds is 8. The molecule has 1 aliphatic rings. The average Bonchev–Trinajstić information content (AvgIpc) is 2.42. The summed E-state index contributed by atoms with van der Waals surface area (Å²) < 4.78 is 0. The number of carbonyl (C=O) groups excluding carboxylic acids is 1. The van der Waals surface area contributed by atoms with Gasteiger partial charge in [0.1, 0.15) is 0 Å². The number of nitrogens with zero attached hydrogens (tertiary/aromatic N) is 1. The summed E-state index contributed by atoms with van der Waals surface area (Å²) in [7, 11) is 0. The smallest absolute Gasteiger partial charge is 0.222 e. The highest BCUT2D eigenvalue weighted by atomic mass is 16.2. The van der Waals surface area contributed by atoms with E-state index in [1.54, 1.807) is 0 Å². The van der Waals surface area contributed by atoms with Crippen molar-refractivity contribution in [2.45, 2.75) is 90.5 Å². The second-order valence-electron chi connectivity index (χ2n) is 5.66. The fraction of sp³-hybridized carbons (Fsp3) is 0.938. The average molecular weight is 253 g/mol. The Bertz CT molecular complexity index is 227. The van der Waals surface area contributed by atoms with Gasteiger partial charge in [0.15, 0.2) is 0 Å². The molecular weight excluding hydrogens is 222 g/mol. The summed E-state index contributed by atoms with van der Waals surface area (Å²) in [5, 5.41) is 0. The van der Waals surface area contributed by atoms with Gasteiger partial charge >= 0.3 is 0 Å². The molecule has 0 unspecified atom stereocenters. The number of piperidine rings is 1. The monoisotopic (exact) mass is 253 g/mol. The molecule has 2 heteroatoms. The summed E-state index contributed by atoms with van der Waals surface area (Å²) in [6.07, 6.45) is 13.3. The van der Waals surface area contributed by atoms with Crippen LogP contribution in [0.2, 0.25) is 0 Å². The summed E-state index contributed by atoms with van der Waals surface area (Å²) in [4.78, 5) is 14.3. The lowest BCUT2D eigenvalue weighted by Gasteiger charge is -2.35. The number of amides is 1. The zero-order valence-electron chi connectivity index (χ0n) is 12.4. The lowest BCUT2D eigenvalue weighted by atomic mass is 9.99. The largest absolute Gasteiger partial charge is 0.340 e. The summed E-state index contributed by atoms with van der Waals surface area (Å²) in [5.41, 5.74) is 0. The van der Waals surface area contributed by atoms with Crippen LogP contribution in [0.3, 0.4) is 0 Å². The number of hydrogen-bond acceptors (Lipinski definition) is 1. The molecule has 0 aromatic carbocycles. The molecule has 0 radical (unpaired) electrons. The Morgan fingerprint density at radius 2 is 1.78 bits per heavy atom. The molecule has 0 aromatic heterocycles. The molecule has 2 nitrogen and oxygen atoms in total. The number of unbranched alkanes of at least 4 members (excludes halogenated alkanes) is 5. The normalized spacial score (nSPS) is 20.1. The van der Waals surface area contributed by atoms with E-state index < -0.39 is 0 Å². The highest BCUT2D eigenvalue weighted by Crippen LogP contribution is 2.21. The lowest BCUT2D eigenvalue weighted by Crippen LogP contribution is -2.43. The molecule has 0 N–H and O–H groups in total. The highest BCUT2D eigenvalue weighted by molar-refractivity contribution is 5.76. The highest BCUT2D eigenvalue weighted by Gasteiger charge is 2.24. The van der Waals surface area contributed by atoms with Crippen LogP contribution >= 0.6 is 0 Å². The van der Waals surface area contributed by atoms with E-state index in [4.69, 9.17) is 0 Å². The Hall–Kier alpha value is -0.530. The Labute approximate surface area is 113 Å². The van der Waals surface area contributed by atoms with Gasteiger partial charge < -0.3 is 4.90 Å². The van der Waals surface area contributed by atoms with Gasteiger partial charge in [-0.25, -0.2) is 0 Å². The maximum Gasteiger partial charge on any atom is 0.222 e. The van der Waals surface area contributed by atoms with E-state index in [1.807, 2.05) is 0 Å². The topological polar surface area (TPSA) is 20.3 Å². The fourth-order valence-corrected chi connectivity index (χ4v) is 2.95. The van der Waals surface area contributed by atoms with Crippen molar-refractivity contribution < 1.29 is 4.79 Å². The van der Waals surface area contributed by atoms with Crippen LogP contribution in [0.5, 0.6) is 0 Å². The Kier molecular flexibility index (Phi) is 8.11. The van der Waals surface area contributed by atoms with Crippen LogP contribution in [-0.4, -0.2) is 23.4 Å². The first-order chi connectivity index (χ1) is 8.79. The first-order valence-corrected chi connectivity index (χ1v) is 8.09. The zero-order chi connectivity index (χ0) is 13.2. The van der Waals surface area contributed by atoms with Crippen molar-refractivity contribution in [3.63, 3.8) is 0 Å². The third kappa shape index (κ3) is 5.41. The van der Waals surface area contributed by atoms with Crippen molar-refractivity contribution in [2.24, 2.45) is 0 Å². The quantitative estimate of drug-likeness (QED) is 0.582. The van der Waals surface area contributed by atoms with Gasteiger partial charge in [0.05, 0.1) is 0 Å². The maximum atomic E-state index is 12.2. The van der Waals surface area contributed by atoms with Gasteiger partial charge in [0.2, 0.25) is 5.91 Å². The van der Waals surface area contributed by atoms with E-state index in [0.29, 0.717) is 11.9 Å². The summed E-state index contributed by atoms with van der Waals surface area (Å²) in [6.45, 7) is 5.46. The molecule has 1 rings (SSSR count). The summed E-state index contributed by atoms with van der Waals surface area (Å²) in [5.74, 6) is 0.414. The van der Waals surface area contributed by atoms with E-state index >= 15 is 0 Å². The molecule has 1 saturated heterocycles. The predicted molar refractivity (Wildman–Crippen MR) is 77.6 cm³/mol. The van der Waals surface area contributed by atoms with Crippen LogP contribution in [0.25, 0.3) is 0 Å². The first kappa shape index (κ1) is 15.5. The van der Waals surface area contributed by atoms with E-state index in [0.717, 1.165) is 25.8 Å². The van der Waals surface area contributed by atoms with Gasteiger partial charge in [-0.15, -0.1) is 0 Å². The van der Waals surface area contributed by atoms with Crippen molar-refractivity contribution in [3.8, 4) is 0 Å². The molecule has 106 valence electrons. The third-order valence-electron chi connectivity index (χ3n) is 4.16. The molecule has 1 fully saturated rings. The molecule has 0 bridgehead atoms. The second-order valence-corrected chi connectivity index (χ2v) is 5.66. The molecule has 0 saturated carbocycles. The fourth-order valence-electron chi connectivity index (χ4n) is 2.95. The lowest BCUT2D eigenvalue weighted by molar-refractivity contribution is -0.135. The van der Waals surface area contributed by atoms with Crippen LogP contribution in [-0.2, 0) is 4.79 Å². The number of hydrogen-bond donors (Lipinski definition) is 0. The van der Waals surface area contributed by atoms with Gasteiger partial charge in [-0.1, -0.05) is 46.0 Å². The molecule has 1 aliphatic heterocycles. The number of likely N-dealkylation sites (tertiary alicyclic amines) is 1. The van der Waals surface area contributed by atoms with E-state index in [-0.39, 0.29) is 0 Å². The summed E-state index contributed by atoms with van der Waals surface area (Å²) >= 11 is 0. The zero-order valence-corrected chi connectivity index (χ0v) is 12.4. The van der Waals surface area contributed by atoms with E-state index in [1.165, 1.54) is 51.4 Å². The Balaban J connectivity index is 2.14. The van der Waals surface area contributed by atoms with Crippen molar-refractivity contribution in [1.29, 1.82) is 0 Å². The van der Waals surface area contributed by atoms with Crippen LogP contribution in [0.15, 0.2) is 0 Å². The van der Waals surface area contributed by atoms with Crippen molar-refractivity contribution in [2.75, 3.05) is 6.54 Å². The van der Waals surface area contributed by atoms with E-state index in [2.05, 4.69) is 18.7 Å². The van der Waals surface area contributed by atoms with Crippen LogP contribution < -0.4 is 0 Å². The van der Waals surface area contributed by atoms with Crippen LogP contribution in [0.1, 0.15) is 84.5 Å². The van der Waals surface area contributed by atoms with Gasteiger partial charge in [0.25, 0.3) is 0 Å². The van der Waals surface area contributed by atoms with Crippen molar-refractivity contribution >= 4 is 5.91 Å². The maximum absolute atomic E-state index is 12.2. The minimum Gasteiger partial charge on any atom is -0.340 e. The molecule has 0 aliphatic carbocycles. The Morgan fingerprint density at radius 3 is 2.50 bits per heavy atom. The SMILES string of the molecule is CCCCCCCCC(=O)N1CCCC[C@@H]1CC. The molecule has 1 atom stereocenters. The minimum atomic E-state index is 0.414. The third-order valence-corrected chi connectivity index (χ3v) is 4.16. The van der Waals surface area contributed by atoms with Crippen LogP contribution in [0, 0.1) is 0 Å². The van der Waals surface area contributed by atoms with Gasteiger partial charge in [0, 0.05) is 19.0 Å². The summed E-state index contributed by atoms with van der Waals surface area (Å²) in [6, 6.07) is 0.534.